The molecule has 4 heteroatoms. The van der Waals surface area contributed by atoms with Crippen LogP contribution in [-0.2, 0) is 13.2 Å². The maximum absolute atomic E-state index is 5.65. The number of para-hydroxylation sites is 1. The molecule has 0 radical (unpaired) electrons. The lowest BCUT2D eigenvalue weighted by molar-refractivity contribution is 0.282. The first-order valence-corrected chi connectivity index (χ1v) is 5.80. The van der Waals surface area contributed by atoms with Crippen molar-refractivity contribution in [3.05, 3.63) is 42.5 Å². The van der Waals surface area contributed by atoms with Crippen LogP contribution in [0.4, 0.5) is 0 Å². The fraction of sp³-hybridized carbons (Fsp3) is 0.385. The van der Waals surface area contributed by atoms with Crippen LogP contribution in [0.3, 0.4) is 0 Å². The van der Waals surface area contributed by atoms with E-state index in [9.17, 15) is 0 Å². The zero-order valence-electron chi connectivity index (χ0n) is 10.2. The molecule has 0 N–H and O–H groups in total. The van der Waals surface area contributed by atoms with Crippen molar-refractivity contribution in [3.8, 4) is 5.75 Å². The number of nitrogens with zero attached hydrogens (tertiary/aromatic N) is 3. The highest BCUT2D eigenvalue weighted by molar-refractivity contribution is 5.20. The summed E-state index contributed by atoms with van der Waals surface area (Å²) < 4.78 is 7.55. The van der Waals surface area contributed by atoms with Crippen LogP contribution in [0.15, 0.2) is 36.7 Å². The molecule has 0 saturated heterocycles. The Hall–Kier alpha value is -1.84. The van der Waals surface area contributed by atoms with Crippen molar-refractivity contribution in [1.29, 1.82) is 0 Å². The molecule has 1 aromatic heterocycles. The van der Waals surface area contributed by atoms with Crippen LogP contribution in [0.1, 0.15) is 19.7 Å². The first kappa shape index (κ1) is 11.6. The van der Waals surface area contributed by atoms with Crippen LogP contribution in [0.2, 0.25) is 0 Å². The Morgan fingerprint density at radius 1 is 1.24 bits per heavy atom. The second kappa shape index (κ2) is 5.48. The van der Waals surface area contributed by atoms with Crippen molar-refractivity contribution < 1.29 is 4.74 Å². The monoisotopic (exact) mass is 231 g/mol. The van der Waals surface area contributed by atoms with Crippen molar-refractivity contribution in [2.75, 3.05) is 0 Å². The first-order valence-electron chi connectivity index (χ1n) is 5.80. The summed E-state index contributed by atoms with van der Waals surface area (Å²) in [6.45, 7) is 5.64. The SMILES string of the molecule is CC(C)Cn1ncnc1COc1ccccc1. The molecule has 0 bridgehead atoms. The van der Waals surface area contributed by atoms with Crippen molar-refractivity contribution in [2.24, 2.45) is 5.92 Å². The average molecular weight is 231 g/mol. The molecule has 1 heterocycles. The quantitative estimate of drug-likeness (QED) is 0.793. The largest absolute Gasteiger partial charge is 0.486 e. The van der Waals surface area contributed by atoms with Crippen LogP contribution in [-0.4, -0.2) is 14.8 Å². The topological polar surface area (TPSA) is 39.9 Å². The van der Waals surface area contributed by atoms with Crippen LogP contribution in [0, 0.1) is 5.92 Å². The normalized spacial score (nSPS) is 10.8. The molecule has 0 aliphatic carbocycles. The van der Waals surface area contributed by atoms with E-state index in [1.54, 1.807) is 6.33 Å². The van der Waals surface area contributed by atoms with E-state index < -0.39 is 0 Å². The molecule has 2 aromatic rings. The van der Waals surface area contributed by atoms with Crippen LogP contribution >= 0.6 is 0 Å². The lowest BCUT2D eigenvalue weighted by Crippen LogP contribution is -2.12. The van der Waals surface area contributed by atoms with Crippen molar-refractivity contribution in [3.63, 3.8) is 0 Å². The van der Waals surface area contributed by atoms with E-state index in [0.29, 0.717) is 12.5 Å². The third-order valence-electron chi connectivity index (χ3n) is 2.34. The Morgan fingerprint density at radius 2 is 2.00 bits per heavy atom. The zero-order valence-corrected chi connectivity index (χ0v) is 10.2. The van der Waals surface area contributed by atoms with Crippen LogP contribution < -0.4 is 4.74 Å². The summed E-state index contributed by atoms with van der Waals surface area (Å²) in [5.41, 5.74) is 0. The summed E-state index contributed by atoms with van der Waals surface area (Å²) >= 11 is 0. The van der Waals surface area contributed by atoms with Gasteiger partial charge in [-0.05, 0) is 18.1 Å². The molecular weight excluding hydrogens is 214 g/mol. The fourth-order valence-electron chi connectivity index (χ4n) is 1.56. The molecule has 0 aliphatic heterocycles. The van der Waals surface area contributed by atoms with E-state index in [-0.39, 0.29) is 0 Å². The summed E-state index contributed by atoms with van der Waals surface area (Å²) in [5, 5.41) is 4.19. The number of aromatic nitrogens is 3. The Morgan fingerprint density at radius 3 is 2.71 bits per heavy atom. The maximum atomic E-state index is 5.65. The molecular formula is C13H17N3O. The molecule has 0 atom stereocenters. The molecule has 90 valence electrons. The Bertz CT molecular complexity index is 451. The summed E-state index contributed by atoms with van der Waals surface area (Å²) in [4.78, 5) is 4.21. The molecule has 4 nitrogen and oxygen atoms in total. The van der Waals surface area contributed by atoms with Gasteiger partial charge in [0.2, 0.25) is 0 Å². The van der Waals surface area contributed by atoms with Gasteiger partial charge in [0.25, 0.3) is 0 Å². The van der Waals surface area contributed by atoms with Gasteiger partial charge in [0, 0.05) is 6.54 Å². The highest BCUT2D eigenvalue weighted by Crippen LogP contribution is 2.11. The van der Waals surface area contributed by atoms with Gasteiger partial charge >= 0.3 is 0 Å². The molecule has 0 fully saturated rings. The van der Waals surface area contributed by atoms with Gasteiger partial charge in [0.1, 0.15) is 18.7 Å². The van der Waals surface area contributed by atoms with E-state index in [2.05, 4.69) is 23.9 Å². The number of benzene rings is 1. The smallest absolute Gasteiger partial charge is 0.164 e. The van der Waals surface area contributed by atoms with Gasteiger partial charge in [-0.2, -0.15) is 5.10 Å². The standard InChI is InChI=1S/C13H17N3O/c1-11(2)8-16-13(14-10-15-16)9-17-12-6-4-3-5-7-12/h3-7,10-11H,8-9H2,1-2H3. The highest BCUT2D eigenvalue weighted by Gasteiger charge is 2.06. The van der Waals surface area contributed by atoms with Crippen LogP contribution in [0.25, 0.3) is 0 Å². The second-order valence-electron chi connectivity index (χ2n) is 4.35. The minimum atomic E-state index is 0.455. The van der Waals surface area contributed by atoms with Gasteiger partial charge < -0.3 is 4.74 Å². The highest BCUT2D eigenvalue weighted by atomic mass is 16.5. The van der Waals surface area contributed by atoms with Crippen molar-refractivity contribution in [1.82, 2.24) is 14.8 Å². The third kappa shape index (κ3) is 3.31. The van der Waals surface area contributed by atoms with E-state index >= 15 is 0 Å². The lowest BCUT2D eigenvalue weighted by atomic mass is 10.2. The molecule has 0 amide bonds. The summed E-state index contributed by atoms with van der Waals surface area (Å²) in [6.07, 6.45) is 1.58. The van der Waals surface area contributed by atoms with Crippen molar-refractivity contribution >= 4 is 0 Å². The molecule has 0 saturated carbocycles. The Labute approximate surface area is 101 Å². The average Bonchev–Trinajstić information content (AvgIpc) is 2.74. The Kier molecular flexibility index (Phi) is 3.75. The van der Waals surface area contributed by atoms with Gasteiger partial charge in [-0.1, -0.05) is 32.0 Å². The summed E-state index contributed by atoms with van der Waals surface area (Å²) in [7, 11) is 0. The predicted molar refractivity (Wildman–Crippen MR) is 65.6 cm³/mol. The lowest BCUT2D eigenvalue weighted by Gasteiger charge is -2.09. The number of hydrogen-bond donors (Lipinski definition) is 0. The molecule has 1 aromatic carbocycles. The first-order chi connectivity index (χ1) is 8.25. The van der Waals surface area contributed by atoms with Gasteiger partial charge in [-0.15, -0.1) is 0 Å². The summed E-state index contributed by atoms with van der Waals surface area (Å²) in [5.74, 6) is 2.27. The van der Waals surface area contributed by atoms with E-state index in [1.807, 2.05) is 35.0 Å². The minimum absolute atomic E-state index is 0.455. The molecule has 2 rings (SSSR count). The summed E-state index contributed by atoms with van der Waals surface area (Å²) in [6, 6.07) is 9.74. The number of ether oxygens (including phenoxy) is 1. The number of rotatable bonds is 5. The Balaban J connectivity index is 1.97. The van der Waals surface area contributed by atoms with Gasteiger partial charge in [0.05, 0.1) is 0 Å². The fourth-order valence-corrected chi connectivity index (χ4v) is 1.56. The molecule has 0 aliphatic rings. The predicted octanol–water partition coefficient (Wildman–Crippen LogP) is 2.51. The van der Waals surface area contributed by atoms with Crippen LogP contribution in [0.5, 0.6) is 5.75 Å². The molecule has 0 spiro atoms. The molecule has 0 unspecified atom stereocenters. The number of hydrogen-bond acceptors (Lipinski definition) is 3. The van der Waals surface area contributed by atoms with E-state index in [1.165, 1.54) is 0 Å². The van der Waals surface area contributed by atoms with Gasteiger partial charge in [0.15, 0.2) is 5.82 Å². The van der Waals surface area contributed by atoms with E-state index in [4.69, 9.17) is 4.74 Å². The third-order valence-corrected chi connectivity index (χ3v) is 2.34. The van der Waals surface area contributed by atoms with Gasteiger partial charge in [-0.25, -0.2) is 9.67 Å². The minimum Gasteiger partial charge on any atom is -0.486 e. The maximum Gasteiger partial charge on any atom is 0.164 e. The zero-order chi connectivity index (χ0) is 12.1. The van der Waals surface area contributed by atoms with Crippen molar-refractivity contribution in [2.45, 2.75) is 27.0 Å². The van der Waals surface area contributed by atoms with E-state index in [0.717, 1.165) is 18.1 Å². The van der Waals surface area contributed by atoms with Gasteiger partial charge in [-0.3, -0.25) is 0 Å². The second-order valence-corrected chi connectivity index (χ2v) is 4.35. The molecule has 17 heavy (non-hydrogen) atoms.